The van der Waals surface area contributed by atoms with Gasteiger partial charge >= 0.3 is 0 Å². The van der Waals surface area contributed by atoms with Crippen molar-refractivity contribution in [3.63, 3.8) is 0 Å². The predicted octanol–water partition coefficient (Wildman–Crippen LogP) is 4.40. The predicted molar refractivity (Wildman–Crippen MR) is 65.9 cm³/mol. The molecule has 2 rings (SSSR count). The Labute approximate surface area is 86.3 Å². The summed E-state index contributed by atoms with van der Waals surface area (Å²) in [6.07, 6.45) is 6.00. The largest absolute Gasteiger partial charge is 0.0984 e. The molecule has 0 spiro atoms. The number of hydrogen-bond acceptors (Lipinski definition) is 0. The first-order valence-corrected chi connectivity index (χ1v) is 4.96. The molecule has 0 nitrogen and oxygen atoms in total. The lowest BCUT2D eigenvalue weighted by Gasteiger charge is -2.03. The Kier molecular flexibility index (Phi) is 3.47. The van der Waals surface area contributed by atoms with E-state index in [0.717, 1.165) is 5.57 Å². The molecular formula is C14H16. The van der Waals surface area contributed by atoms with Crippen molar-refractivity contribution in [1.29, 1.82) is 0 Å². The maximum atomic E-state index is 3.97. The third kappa shape index (κ3) is 1.69. The fourth-order valence-corrected chi connectivity index (χ4v) is 1.54. The molecule has 0 fully saturated rings. The topological polar surface area (TPSA) is 0 Å². The second-order valence-electron chi connectivity index (χ2n) is 2.87. The zero-order valence-electron chi connectivity index (χ0n) is 8.88. The summed E-state index contributed by atoms with van der Waals surface area (Å²) in [5.41, 5.74) is 4.73. The van der Waals surface area contributed by atoms with Crippen molar-refractivity contribution in [2.75, 3.05) is 0 Å². The minimum absolute atomic E-state index is 1.08. The summed E-state index contributed by atoms with van der Waals surface area (Å²) in [6.45, 7) is 11.7. The van der Waals surface area contributed by atoms with Crippen molar-refractivity contribution < 1.29 is 0 Å². The Hall–Kier alpha value is -1.56. The van der Waals surface area contributed by atoms with Crippen molar-refractivity contribution in [2.45, 2.75) is 13.8 Å². The summed E-state index contributed by atoms with van der Waals surface area (Å²) in [5, 5.41) is 0. The number of allylic oxidation sites excluding steroid dienone is 2. The SMILES string of the molecule is C=Cc1cccc2c1C(=C)C=C2.CC. The van der Waals surface area contributed by atoms with E-state index in [2.05, 4.69) is 31.4 Å². The minimum atomic E-state index is 1.08. The molecule has 1 aromatic rings. The Balaban J connectivity index is 0.000000461. The number of fused-ring (bicyclic) bond motifs is 1. The van der Waals surface area contributed by atoms with Gasteiger partial charge in [0.2, 0.25) is 0 Å². The summed E-state index contributed by atoms with van der Waals surface area (Å²) in [4.78, 5) is 0. The molecular weight excluding hydrogens is 168 g/mol. The van der Waals surface area contributed by atoms with E-state index in [1.807, 2.05) is 32.1 Å². The van der Waals surface area contributed by atoms with Crippen LogP contribution in [0.2, 0.25) is 0 Å². The third-order valence-electron chi connectivity index (χ3n) is 2.13. The lowest BCUT2D eigenvalue weighted by atomic mass is 10.0. The molecule has 0 atom stereocenters. The van der Waals surface area contributed by atoms with Crippen molar-refractivity contribution in [2.24, 2.45) is 0 Å². The monoisotopic (exact) mass is 184 g/mol. The normalized spacial score (nSPS) is 11.7. The summed E-state index contributed by atoms with van der Waals surface area (Å²) in [7, 11) is 0. The average Bonchev–Trinajstić information content (AvgIpc) is 2.64. The van der Waals surface area contributed by atoms with Gasteiger partial charge in [0.15, 0.2) is 0 Å². The Morgan fingerprint density at radius 2 is 1.86 bits per heavy atom. The third-order valence-corrected chi connectivity index (χ3v) is 2.13. The number of hydrogen-bond donors (Lipinski definition) is 0. The number of rotatable bonds is 1. The van der Waals surface area contributed by atoms with E-state index in [1.54, 1.807) is 0 Å². The summed E-state index contributed by atoms with van der Waals surface area (Å²) >= 11 is 0. The van der Waals surface area contributed by atoms with Gasteiger partial charge < -0.3 is 0 Å². The molecule has 1 aromatic carbocycles. The van der Waals surface area contributed by atoms with Crippen molar-refractivity contribution >= 4 is 17.7 Å². The van der Waals surface area contributed by atoms with Crippen LogP contribution in [0.5, 0.6) is 0 Å². The lowest BCUT2D eigenvalue weighted by Crippen LogP contribution is -1.84. The van der Waals surface area contributed by atoms with Gasteiger partial charge in [-0.2, -0.15) is 0 Å². The quantitative estimate of drug-likeness (QED) is 0.607. The molecule has 0 unspecified atom stereocenters. The molecule has 0 saturated carbocycles. The Morgan fingerprint density at radius 1 is 1.14 bits per heavy atom. The van der Waals surface area contributed by atoms with Crippen LogP contribution >= 0.6 is 0 Å². The highest BCUT2D eigenvalue weighted by atomic mass is 14.1. The first-order chi connectivity index (χ1) is 6.83. The van der Waals surface area contributed by atoms with Gasteiger partial charge in [-0.1, -0.05) is 63.4 Å². The molecule has 1 aliphatic carbocycles. The minimum Gasteiger partial charge on any atom is -0.0984 e. The molecule has 0 heterocycles. The summed E-state index contributed by atoms with van der Waals surface area (Å²) < 4.78 is 0. The zero-order valence-corrected chi connectivity index (χ0v) is 8.88. The van der Waals surface area contributed by atoms with Crippen LogP contribution in [-0.2, 0) is 0 Å². The maximum Gasteiger partial charge on any atom is -0.00450 e. The second kappa shape index (κ2) is 4.61. The first kappa shape index (κ1) is 10.5. The van der Waals surface area contributed by atoms with Crippen LogP contribution in [0, 0.1) is 0 Å². The summed E-state index contributed by atoms with van der Waals surface area (Å²) in [5.74, 6) is 0. The lowest BCUT2D eigenvalue weighted by molar-refractivity contribution is 1.50. The van der Waals surface area contributed by atoms with Gasteiger partial charge in [-0.25, -0.2) is 0 Å². The van der Waals surface area contributed by atoms with Crippen molar-refractivity contribution in [3.8, 4) is 0 Å². The van der Waals surface area contributed by atoms with Crippen molar-refractivity contribution in [3.05, 3.63) is 54.1 Å². The number of benzene rings is 1. The smallest absolute Gasteiger partial charge is 0.00450 e. The first-order valence-electron chi connectivity index (χ1n) is 4.96. The van der Waals surface area contributed by atoms with Gasteiger partial charge in [0.1, 0.15) is 0 Å². The van der Waals surface area contributed by atoms with Crippen LogP contribution in [0.4, 0.5) is 0 Å². The highest BCUT2D eigenvalue weighted by Gasteiger charge is 2.10. The summed E-state index contributed by atoms with van der Waals surface area (Å²) in [6, 6.07) is 6.19. The molecule has 1 aliphatic rings. The van der Waals surface area contributed by atoms with Crippen LogP contribution in [0.3, 0.4) is 0 Å². The van der Waals surface area contributed by atoms with Crippen LogP contribution in [-0.4, -0.2) is 0 Å². The molecule has 0 N–H and O–H groups in total. The Morgan fingerprint density at radius 3 is 2.50 bits per heavy atom. The van der Waals surface area contributed by atoms with Gasteiger partial charge in [0.05, 0.1) is 0 Å². The van der Waals surface area contributed by atoms with Crippen LogP contribution in [0.25, 0.3) is 17.7 Å². The molecule has 0 amide bonds. The molecule has 72 valence electrons. The molecule has 0 aromatic heterocycles. The van der Waals surface area contributed by atoms with E-state index in [0.29, 0.717) is 0 Å². The fourth-order valence-electron chi connectivity index (χ4n) is 1.54. The Bertz CT molecular complexity index is 381. The molecule has 0 radical (unpaired) electrons. The second-order valence-corrected chi connectivity index (χ2v) is 2.87. The van der Waals surface area contributed by atoms with E-state index >= 15 is 0 Å². The van der Waals surface area contributed by atoms with Crippen molar-refractivity contribution in [1.82, 2.24) is 0 Å². The molecule has 0 saturated heterocycles. The van der Waals surface area contributed by atoms with E-state index in [1.165, 1.54) is 16.7 Å². The molecule has 0 bridgehead atoms. The van der Waals surface area contributed by atoms with E-state index in [4.69, 9.17) is 0 Å². The van der Waals surface area contributed by atoms with Crippen LogP contribution < -0.4 is 0 Å². The van der Waals surface area contributed by atoms with Gasteiger partial charge in [-0.15, -0.1) is 0 Å². The van der Waals surface area contributed by atoms with Gasteiger partial charge in [0.25, 0.3) is 0 Å². The van der Waals surface area contributed by atoms with Gasteiger partial charge in [0, 0.05) is 0 Å². The maximum absolute atomic E-state index is 3.97. The van der Waals surface area contributed by atoms with Crippen LogP contribution in [0.15, 0.2) is 37.4 Å². The van der Waals surface area contributed by atoms with Crippen LogP contribution in [0.1, 0.15) is 30.5 Å². The molecule has 0 aliphatic heterocycles. The van der Waals surface area contributed by atoms with Gasteiger partial charge in [-0.05, 0) is 22.3 Å². The fraction of sp³-hybridized carbons (Fsp3) is 0.143. The average molecular weight is 184 g/mol. The zero-order chi connectivity index (χ0) is 10.6. The molecule has 14 heavy (non-hydrogen) atoms. The van der Waals surface area contributed by atoms with Gasteiger partial charge in [-0.3, -0.25) is 0 Å². The standard InChI is InChI=1S/C12H10.C2H6/c1-3-10-5-4-6-11-8-7-9(2)12(10)11;1-2/h3-8H,1-2H2;1-2H3. The van der Waals surface area contributed by atoms with E-state index in [9.17, 15) is 0 Å². The van der Waals surface area contributed by atoms with E-state index < -0.39 is 0 Å². The molecule has 0 heteroatoms. The highest BCUT2D eigenvalue weighted by Crippen LogP contribution is 2.30. The highest BCUT2D eigenvalue weighted by molar-refractivity contribution is 5.92. The van der Waals surface area contributed by atoms with E-state index in [-0.39, 0.29) is 0 Å².